The van der Waals surface area contributed by atoms with E-state index in [1.165, 1.54) is 5.56 Å². The normalized spacial score (nSPS) is 13.2. The molecule has 0 bridgehead atoms. The molecule has 4 nitrogen and oxygen atoms in total. The van der Waals surface area contributed by atoms with E-state index in [4.69, 9.17) is 7.58 Å². The van der Waals surface area contributed by atoms with Gasteiger partial charge in [0.05, 0.1) is 26.5 Å². The highest BCUT2D eigenvalue weighted by Gasteiger charge is 2.39. The smallest absolute Gasteiger partial charge is 0.611 e. The molecule has 0 saturated carbocycles. The highest BCUT2D eigenvalue weighted by Crippen LogP contribution is 2.40. The summed E-state index contributed by atoms with van der Waals surface area (Å²) in [6.45, 7) is 16.5. The lowest BCUT2D eigenvalue weighted by Crippen LogP contribution is -2.43. The van der Waals surface area contributed by atoms with Gasteiger partial charge < -0.3 is 7.58 Å². The molecule has 2 heterocycles. The summed E-state index contributed by atoms with van der Waals surface area (Å²) < 4.78 is 18.7. The van der Waals surface area contributed by atoms with Crippen LogP contribution in [0, 0.1) is 26.9 Å². The van der Waals surface area contributed by atoms with E-state index in [2.05, 4.69) is 112 Å². The van der Waals surface area contributed by atoms with E-state index in [1.54, 1.807) is 0 Å². The Bertz CT molecular complexity index is 1570. The zero-order valence-corrected chi connectivity index (χ0v) is 23.3. The standard InChI is InChI=1S/C12H9.2C11H11NO.Al/c1-3-7-11(8-4-1)12-9-5-2-6-10-12;2*1-8-5-6-9-4-3-7-12(2)10(9)11(8)13;/h1,3-10H;2*3-7,13H,2H2,1H3;/q;;;+2/p-2. The van der Waals surface area contributed by atoms with E-state index in [1.807, 2.05) is 40.5 Å². The Morgan fingerprint density at radius 3 is 1.62 bits per heavy atom. The maximum absolute atomic E-state index is 6.94. The van der Waals surface area contributed by atoms with Crippen molar-refractivity contribution >= 4 is 56.2 Å². The van der Waals surface area contributed by atoms with Gasteiger partial charge in [-0.3, -0.25) is 9.15 Å². The van der Waals surface area contributed by atoms with E-state index in [0.717, 1.165) is 55.1 Å². The van der Waals surface area contributed by atoms with Gasteiger partial charge in [0, 0.05) is 0 Å². The first-order chi connectivity index (χ1) is 19.0. The van der Waals surface area contributed by atoms with Gasteiger partial charge >= 0.3 is 14.8 Å². The number of fused-ring (bicyclic) bond motifs is 2. The summed E-state index contributed by atoms with van der Waals surface area (Å²) in [6, 6.07) is 27.3. The second-order valence-corrected chi connectivity index (χ2v) is 11.6. The van der Waals surface area contributed by atoms with Crippen molar-refractivity contribution in [3.05, 3.63) is 126 Å². The number of hydrogen-bond donors (Lipinski definition) is 0. The zero-order valence-electron chi connectivity index (χ0n) is 22.2. The first kappa shape index (κ1) is 24.9. The van der Waals surface area contributed by atoms with Crippen molar-refractivity contribution in [1.29, 1.82) is 0 Å². The Kier molecular flexibility index (Phi) is 6.62. The van der Waals surface area contributed by atoms with Gasteiger partial charge in [-0.2, -0.15) is 0 Å². The molecule has 0 aromatic heterocycles. The van der Waals surface area contributed by atoms with Crippen LogP contribution in [0.2, 0.25) is 0 Å². The Hall–Kier alpha value is -4.43. The summed E-state index contributed by atoms with van der Waals surface area (Å²) >= 11 is -2.55. The highest BCUT2D eigenvalue weighted by molar-refractivity contribution is 6.63. The van der Waals surface area contributed by atoms with Crippen LogP contribution in [0.15, 0.2) is 91.0 Å². The summed E-state index contributed by atoms with van der Waals surface area (Å²) in [4.78, 5) is 0. The van der Waals surface area contributed by atoms with Crippen LogP contribution < -0.4 is 12.0 Å². The van der Waals surface area contributed by atoms with Gasteiger partial charge in [0.15, 0.2) is 11.4 Å². The van der Waals surface area contributed by atoms with Crippen molar-refractivity contribution in [2.75, 3.05) is 0 Å². The lowest BCUT2D eigenvalue weighted by Gasteiger charge is -2.26. The third-order valence-electron chi connectivity index (χ3n) is 7.12. The third-order valence-corrected chi connectivity index (χ3v) is 8.95. The monoisotopic (exact) mass is 524 g/mol. The minimum Gasteiger partial charge on any atom is -0.611 e. The molecular formula is C34H29AlN2O2. The summed E-state index contributed by atoms with van der Waals surface area (Å²) in [5, 5.41) is 0. The van der Waals surface area contributed by atoms with Crippen molar-refractivity contribution in [2.24, 2.45) is 0 Å². The minimum absolute atomic E-state index is 0.798. The molecule has 6 rings (SSSR count). The van der Waals surface area contributed by atoms with E-state index in [0.29, 0.717) is 0 Å². The fourth-order valence-electron chi connectivity index (χ4n) is 5.02. The molecule has 190 valence electrons. The molecule has 5 heteroatoms. The maximum Gasteiger partial charge on any atom is 0.900 e. The van der Waals surface area contributed by atoms with Crippen molar-refractivity contribution in [3.8, 4) is 22.6 Å². The molecule has 0 spiro atoms. The molecule has 0 saturated heterocycles. The van der Waals surface area contributed by atoms with Gasteiger partial charge in [-0.1, -0.05) is 91.0 Å². The molecule has 0 aliphatic carbocycles. The third kappa shape index (κ3) is 4.79. The van der Waals surface area contributed by atoms with Gasteiger partial charge in [-0.15, -0.1) is 12.2 Å². The second kappa shape index (κ2) is 10.4. The molecular weight excluding hydrogens is 495 g/mol. The van der Waals surface area contributed by atoms with Crippen molar-refractivity contribution in [2.45, 2.75) is 13.8 Å². The minimum atomic E-state index is -2.55. The van der Waals surface area contributed by atoms with Gasteiger partial charge in [0.1, 0.15) is 11.5 Å². The van der Waals surface area contributed by atoms with Crippen LogP contribution in [-0.4, -0.2) is 37.4 Å². The summed E-state index contributed by atoms with van der Waals surface area (Å²) in [6.07, 6.45) is 8.15. The molecule has 4 aromatic carbocycles. The lowest BCUT2D eigenvalue weighted by molar-refractivity contribution is -0.378. The molecule has 0 radical (unpaired) electrons. The molecule has 0 amide bonds. The Morgan fingerprint density at radius 2 is 1.10 bits per heavy atom. The zero-order chi connectivity index (χ0) is 26.9. The largest absolute Gasteiger partial charge is 0.900 e. The van der Waals surface area contributed by atoms with Gasteiger partial charge in [-0.05, 0) is 51.7 Å². The molecule has 0 fully saturated rings. The molecule has 0 N–H and O–H groups in total. The van der Waals surface area contributed by atoms with Crippen molar-refractivity contribution in [3.63, 3.8) is 0 Å². The topological polar surface area (TPSA) is 24.5 Å². The second-order valence-electron chi connectivity index (χ2n) is 9.81. The molecule has 39 heavy (non-hydrogen) atoms. The Labute approximate surface area is 235 Å². The summed E-state index contributed by atoms with van der Waals surface area (Å²) in [5.41, 5.74) is 8.43. The van der Waals surface area contributed by atoms with Crippen LogP contribution in [0.5, 0.6) is 11.5 Å². The predicted molar refractivity (Wildman–Crippen MR) is 162 cm³/mol. The molecule has 0 unspecified atom stereocenters. The highest BCUT2D eigenvalue weighted by atomic mass is 27.2. The maximum atomic E-state index is 6.94. The van der Waals surface area contributed by atoms with Crippen LogP contribution in [0.3, 0.4) is 0 Å². The fourth-order valence-corrected chi connectivity index (χ4v) is 6.87. The number of rotatable bonds is 6. The van der Waals surface area contributed by atoms with Crippen LogP contribution >= 0.6 is 0 Å². The SMILES string of the molecule is C=[N+]1[CH-]C=Cc2ccc(C)c([O][Al]([O]c3c(C)ccc4c3[N+](=C)[CH-]C=C4)[c]3ccc(-c4ccccc4)cc3)c21. The number of benzene rings is 4. The lowest BCUT2D eigenvalue weighted by atomic mass is 10.0. The van der Waals surface area contributed by atoms with E-state index in [-0.39, 0.29) is 0 Å². The average Bonchev–Trinajstić information content (AvgIpc) is 2.96. The van der Waals surface area contributed by atoms with E-state index in [9.17, 15) is 0 Å². The average molecular weight is 525 g/mol. The fraction of sp³-hybridized carbons (Fsp3) is 0.0588. The number of nitrogens with zero attached hydrogens (tertiary/aromatic N) is 2. The van der Waals surface area contributed by atoms with Gasteiger partial charge in [-0.25, -0.2) is 0 Å². The Balaban J connectivity index is 1.45. The molecule has 4 aromatic rings. The van der Waals surface area contributed by atoms with Gasteiger partial charge in [0.2, 0.25) is 0 Å². The number of hydrogen-bond acceptors (Lipinski definition) is 2. The van der Waals surface area contributed by atoms with E-state index >= 15 is 0 Å². The summed E-state index contributed by atoms with van der Waals surface area (Å²) in [5.74, 6) is 1.60. The first-order valence-corrected chi connectivity index (χ1v) is 14.5. The van der Waals surface area contributed by atoms with Crippen molar-refractivity contribution < 1.29 is 16.7 Å². The summed E-state index contributed by atoms with van der Waals surface area (Å²) in [7, 11) is 0. The quantitative estimate of drug-likeness (QED) is 0.156. The van der Waals surface area contributed by atoms with Crippen LogP contribution in [0.25, 0.3) is 23.3 Å². The Morgan fingerprint density at radius 1 is 0.615 bits per heavy atom. The van der Waals surface area contributed by atoms with Crippen LogP contribution in [-0.2, 0) is 0 Å². The molecule has 0 atom stereocenters. The molecule has 2 aliphatic rings. The van der Waals surface area contributed by atoms with Crippen molar-refractivity contribution in [1.82, 2.24) is 0 Å². The van der Waals surface area contributed by atoms with E-state index < -0.39 is 14.8 Å². The van der Waals surface area contributed by atoms with Crippen LogP contribution in [0.4, 0.5) is 11.4 Å². The number of aryl methyl sites for hydroxylation is 2. The first-order valence-electron chi connectivity index (χ1n) is 13.0. The predicted octanol–water partition coefficient (Wildman–Crippen LogP) is 6.89. The molecule has 2 aliphatic heterocycles. The van der Waals surface area contributed by atoms with Crippen LogP contribution in [0.1, 0.15) is 22.3 Å². The van der Waals surface area contributed by atoms with Gasteiger partial charge in [0.25, 0.3) is 0 Å².